The van der Waals surface area contributed by atoms with Crippen LogP contribution in [0.25, 0.3) is 0 Å². The van der Waals surface area contributed by atoms with Gasteiger partial charge in [0.1, 0.15) is 0 Å². The van der Waals surface area contributed by atoms with Gasteiger partial charge in [-0.1, -0.05) is 36.4 Å². The summed E-state index contributed by atoms with van der Waals surface area (Å²) in [5, 5.41) is 0.713. The summed E-state index contributed by atoms with van der Waals surface area (Å²) in [7, 11) is -0.0380. The van der Waals surface area contributed by atoms with E-state index in [1.807, 2.05) is 45.0 Å². The zero-order valence-electron chi connectivity index (χ0n) is 11.2. The predicted octanol–water partition coefficient (Wildman–Crippen LogP) is 3.11. The number of hydrogen-bond donors (Lipinski definition) is 0. The molecule has 20 heavy (non-hydrogen) atoms. The molecule has 0 heterocycles. The molecule has 98 valence electrons. The van der Waals surface area contributed by atoms with Gasteiger partial charge in [-0.2, -0.15) is 0 Å². The van der Waals surface area contributed by atoms with E-state index in [1.54, 1.807) is 12.1 Å². The van der Waals surface area contributed by atoms with Crippen LogP contribution in [0.5, 0.6) is 0 Å². The van der Waals surface area contributed by atoms with Crippen molar-refractivity contribution in [2.24, 2.45) is 0 Å². The van der Waals surface area contributed by atoms with Crippen LogP contribution in [0.2, 0.25) is 0 Å². The monoisotopic (exact) mass is 294 g/mol. The zero-order valence-corrected chi connectivity index (χ0v) is 12.1. The van der Waals surface area contributed by atoms with E-state index in [4.69, 9.17) is 0 Å². The van der Waals surface area contributed by atoms with Crippen LogP contribution in [0, 0.1) is 20.8 Å². The number of aryl methyl sites for hydroxylation is 2. The molecule has 0 aliphatic rings. The molecule has 2 aromatic rings. The molecule has 0 spiro atoms. The van der Waals surface area contributed by atoms with E-state index < -0.39 is 0 Å². The first-order chi connectivity index (χ1) is 9.06. The van der Waals surface area contributed by atoms with Gasteiger partial charge in [0, 0.05) is 16.4 Å². The average Bonchev–Trinajstić information content (AvgIpc) is 2.39. The fraction of sp³-hybridized carbons (Fsp3) is 0.188. The third-order valence-electron chi connectivity index (χ3n) is 3.29. The molecule has 0 aliphatic carbocycles. The molecule has 0 radical (unpaired) electrons. The van der Waals surface area contributed by atoms with Gasteiger partial charge in [0.2, 0.25) is 0 Å². The normalized spacial score (nSPS) is 10.2. The van der Waals surface area contributed by atoms with Crippen molar-refractivity contribution >= 4 is 49.1 Å². The van der Waals surface area contributed by atoms with Crippen molar-refractivity contribution in [3.8, 4) is 0 Å². The predicted molar refractivity (Wildman–Crippen MR) is 84.9 cm³/mol. The summed E-state index contributed by atoms with van der Waals surface area (Å²) < 4.78 is 11.3. The van der Waals surface area contributed by atoms with Gasteiger partial charge in [-0.3, -0.25) is 9.36 Å². The first kappa shape index (κ1) is 17.3. The standard InChI is InChI=1S/C16H15O2P.Na.H/c1-10-9-11(2)16(19-18)12(3)14(10)15(17)13-7-5-4-6-8-13;;/h4-9H,1-3H3;;. The van der Waals surface area contributed by atoms with Crippen molar-refractivity contribution in [2.45, 2.75) is 20.8 Å². The zero-order chi connectivity index (χ0) is 14.0. The van der Waals surface area contributed by atoms with Crippen LogP contribution in [0.1, 0.15) is 32.6 Å². The van der Waals surface area contributed by atoms with Crippen LogP contribution in [0.3, 0.4) is 0 Å². The maximum absolute atomic E-state index is 12.6. The van der Waals surface area contributed by atoms with Crippen LogP contribution in [-0.2, 0) is 4.57 Å². The summed E-state index contributed by atoms with van der Waals surface area (Å²) in [5.41, 5.74) is 4.01. The molecular formula is C16H16NaO2P. The number of ketones is 1. The van der Waals surface area contributed by atoms with E-state index in [2.05, 4.69) is 0 Å². The molecule has 2 nitrogen and oxygen atoms in total. The SMILES string of the molecule is Cc1cc(C)c(C(=O)c2ccccc2)c(C)c1P=O.[NaH]. The second kappa shape index (κ2) is 7.28. The van der Waals surface area contributed by atoms with E-state index >= 15 is 0 Å². The second-order valence-corrected chi connectivity index (χ2v) is 5.28. The van der Waals surface area contributed by atoms with Crippen molar-refractivity contribution in [3.63, 3.8) is 0 Å². The Bertz CT molecular complexity index is 651. The number of hydrogen-bond acceptors (Lipinski definition) is 2. The first-order valence-corrected chi connectivity index (χ1v) is 6.91. The van der Waals surface area contributed by atoms with E-state index in [9.17, 15) is 9.36 Å². The molecule has 0 fully saturated rings. The van der Waals surface area contributed by atoms with E-state index in [0.717, 1.165) is 16.7 Å². The summed E-state index contributed by atoms with van der Waals surface area (Å²) in [4.78, 5) is 12.6. The van der Waals surface area contributed by atoms with Crippen molar-refractivity contribution in [2.75, 3.05) is 0 Å². The molecular weight excluding hydrogens is 278 g/mol. The van der Waals surface area contributed by atoms with Crippen molar-refractivity contribution in [1.29, 1.82) is 0 Å². The quantitative estimate of drug-likeness (QED) is 0.495. The molecule has 0 amide bonds. The van der Waals surface area contributed by atoms with Crippen LogP contribution >= 0.6 is 8.46 Å². The summed E-state index contributed by atoms with van der Waals surface area (Å²) in [6, 6.07) is 11.1. The molecule has 0 atom stereocenters. The van der Waals surface area contributed by atoms with Crippen LogP contribution in [0.15, 0.2) is 36.4 Å². The first-order valence-electron chi connectivity index (χ1n) is 6.10. The van der Waals surface area contributed by atoms with Gasteiger partial charge in [-0.15, -0.1) is 0 Å². The van der Waals surface area contributed by atoms with Crippen molar-refractivity contribution < 1.29 is 9.36 Å². The van der Waals surface area contributed by atoms with Crippen LogP contribution < -0.4 is 5.30 Å². The Labute approximate surface area is 143 Å². The minimum atomic E-state index is -0.0380. The van der Waals surface area contributed by atoms with Gasteiger partial charge >= 0.3 is 29.6 Å². The van der Waals surface area contributed by atoms with Gasteiger partial charge < -0.3 is 0 Å². The molecule has 0 saturated heterocycles. The Morgan fingerprint density at radius 1 is 1.00 bits per heavy atom. The number of carbonyl (C=O) groups is 1. The number of carbonyl (C=O) groups excluding carboxylic acids is 1. The van der Waals surface area contributed by atoms with Gasteiger partial charge in [-0.25, -0.2) is 0 Å². The Kier molecular flexibility index (Phi) is 6.29. The third kappa shape index (κ3) is 3.27. The fourth-order valence-electron chi connectivity index (χ4n) is 2.40. The molecule has 2 rings (SSSR count). The average molecular weight is 294 g/mol. The van der Waals surface area contributed by atoms with E-state index in [0.29, 0.717) is 16.4 Å². The van der Waals surface area contributed by atoms with E-state index in [-0.39, 0.29) is 43.8 Å². The van der Waals surface area contributed by atoms with Gasteiger partial charge in [0.25, 0.3) is 0 Å². The van der Waals surface area contributed by atoms with Crippen molar-refractivity contribution in [3.05, 3.63) is 64.2 Å². The molecule has 0 aromatic heterocycles. The molecule has 4 heteroatoms. The molecule has 0 N–H and O–H groups in total. The summed E-state index contributed by atoms with van der Waals surface area (Å²) >= 11 is 0. The molecule has 0 bridgehead atoms. The summed E-state index contributed by atoms with van der Waals surface area (Å²) in [6.45, 7) is 5.69. The van der Waals surface area contributed by atoms with E-state index in [1.165, 1.54) is 0 Å². The fourth-order valence-corrected chi connectivity index (χ4v) is 2.86. The Balaban J connectivity index is 0.00000200. The molecule has 0 aliphatic heterocycles. The molecule has 0 saturated carbocycles. The van der Waals surface area contributed by atoms with Gasteiger partial charge in [-0.05, 0) is 37.5 Å². The van der Waals surface area contributed by atoms with Gasteiger partial charge in [0.15, 0.2) is 14.2 Å². The molecule has 0 unspecified atom stereocenters. The Morgan fingerprint density at radius 3 is 2.15 bits per heavy atom. The summed E-state index contributed by atoms with van der Waals surface area (Å²) in [5.74, 6) is -0.0134. The number of rotatable bonds is 3. The van der Waals surface area contributed by atoms with Crippen LogP contribution in [-0.4, -0.2) is 35.3 Å². The minimum absolute atomic E-state index is 0. The maximum atomic E-state index is 12.6. The Hall–Kier alpha value is -0.790. The third-order valence-corrected chi connectivity index (χ3v) is 4.16. The second-order valence-electron chi connectivity index (χ2n) is 4.65. The van der Waals surface area contributed by atoms with Crippen molar-refractivity contribution in [1.82, 2.24) is 0 Å². The molecule has 2 aromatic carbocycles. The number of benzene rings is 2. The summed E-state index contributed by atoms with van der Waals surface area (Å²) in [6.07, 6.45) is 0. The van der Waals surface area contributed by atoms with Crippen LogP contribution in [0.4, 0.5) is 0 Å². The van der Waals surface area contributed by atoms with Gasteiger partial charge in [0.05, 0.1) is 0 Å². The topological polar surface area (TPSA) is 34.1 Å². The Morgan fingerprint density at radius 2 is 1.60 bits per heavy atom.